The molecular weight excluding hydrogens is 202 g/mol. The van der Waals surface area contributed by atoms with Gasteiger partial charge in [-0.1, -0.05) is 13.8 Å². The van der Waals surface area contributed by atoms with E-state index in [1.165, 1.54) is 0 Å². The Balaban J connectivity index is 2.31. The predicted octanol–water partition coefficient (Wildman–Crippen LogP) is 2.20. The molecule has 82 valence electrons. The smallest absolute Gasteiger partial charge is 0.153 e. The molecule has 1 aromatic heterocycles. The molecule has 0 aliphatic heterocycles. The zero-order valence-corrected chi connectivity index (χ0v) is 9.29. The summed E-state index contributed by atoms with van der Waals surface area (Å²) in [5.74, 6) is 1.13. The van der Waals surface area contributed by atoms with Crippen molar-refractivity contribution >= 4 is 6.29 Å². The highest BCUT2D eigenvalue weighted by Gasteiger charge is 2.06. The molecule has 0 N–H and O–H groups in total. The number of rotatable bonds is 3. The maximum atomic E-state index is 10.5. The van der Waals surface area contributed by atoms with Gasteiger partial charge in [-0.2, -0.15) is 5.10 Å². The van der Waals surface area contributed by atoms with Crippen LogP contribution in [-0.2, 0) is 0 Å². The van der Waals surface area contributed by atoms with Crippen molar-refractivity contribution in [2.75, 3.05) is 0 Å². The number of aromatic nitrogens is 3. The van der Waals surface area contributed by atoms with E-state index in [-0.39, 0.29) is 0 Å². The topological polar surface area (TPSA) is 47.8 Å². The molecule has 4 nitrogen and oxygen atoms in total. The summed E-state index contributed by atoms with van der Waals surface area (Å²) in [6.07, 6.45) is 2.51. The molecule has 0 saturated heterocycles. The van der Waals surface area contributed by atoms with Gasteiger partial charge in [0.2, 0.25) is 0 Å². The third kappa shape index (κ3) is 2.00. The Kier molecular flexibility index (Phi) is 2.81. The molecule has 0 atom stereocenters. The lowest BCUT2D eigenvalue weighted by Gasteiger charge is -2.00. The zero-order valence-electron chi connectivity index (χ0n) is 9.29. The van der Waals surface area contributed by atoms with Gasteiger partial charge in [-0.05, 0) is 24.3 Å². The van der Waals surface area contributed by atoms with Crippen molar-refractivity contribution < 1.29 is 4.79 Å². The molecule has 4 heteroatoms. The fourth-order valence-electron chi connectivity index (χ4n) is 1.37. The van der Waals surface area contributed by atoms with Crippen molar-refractivity contribution in [2.45, 2.75) is 19.8 Å². The quantitative estimate of drug-likeness (QED) is 0.737. The second-order valence-corrected chi connectivity index (χ2v) is 3.91. The van der Waals surface area contributed by atoms with Crippen LogP contribution in [0.5, 0.6) is 0 Å². The third-order valence-corrected chi connectivity index (χ3v) is 2.32. The van der Waals surface area contributed by atoms with Gasteiger partial charge in [-0.15, -0.1) is 0 Å². The van der Waals surface area contributed by atoms with Crippen molar-refractivity contribution in [2.24, 2.45) is 0 Å². The van der Waals surface area contributed by atoms with Crippen LogP contribution in [0.1, 0.15) is 35.9 Å². The summed E-state index contributed by atoms with van der Waals surface area (Å²) in [6.45, 7) is 4.10. The Morgan fingerprint density at radius 3 is 2.44 bits per heavy atom. The summed E-state index contributed by atoms with van der Waals surface area (Å²) in [5.41, 5.74) is 1.57. The molecule has 0 aliphatic carbocycles. The first kappa shape index (κ1) is 10.5. The first-order valence-electron chi connectivity index (χ1n) is 5.18. The molecule has 0 bridgehead atoms. The van der Waals surface area contributed by atoms with Gasteiger partial charge in [0.05, 0.1) is 5.69 Å². The number of hydrogen-bond acceptors (Lipinski definition) is 3. The minimum Gasteiger partial charge on any atom is -0.298 e. The summed E-state index contributed by atoms with van der Waals surface area (Å²) < 4.78 is 1.71. The van der Waals surface area contributed by atoms with E-state index in [2.05, 4.69) is 23.9 Å². The van der Waals surface area contributed by atoms with Crippen LogP contribution < -0.4 is 0 Å². The molecular formula is C12H13N3O. The van der Waals surface area contributed by atoms with E-state index in [1.54, 1.807) is 23.1 Å². The molecule has 0 amide bonds. The Bertz CT molecular complexity index is 485. The van der Waals surface area contributed by atoms with Gasteiger partial charge in [0.25, 0.3) is 0 Å². The van der Waals surface area contributed by atoms with Gasteiger partial charge in [0.15, 0.2) is 5.82 Å². The van der Waals surface area contributed by atoms with Gasteiger partial charge >= 0.3 is 0 Å². The molecule has 0 radical (unpaired) electrons. The second-order valence-electron chi connectivity index (χ2n) is 3.91. The molecule has 2 aromatic rings. The monoisotopic (exact) mass is 215 g/mol. The minimum atomic E-state index is 0.315. The minimum absolute atomic E-state index is 0.315. The van der Waals surface area contributed by atoms with Crippen LogP contribution in [-0.4, -0.2) is 21.1 Å². The van der Waals surface area contributed by atoms with Crippen LogP contribution in [0, 0.1) is 0 Å². The van der Waals surface area contributed by atoms with E-state index < -0.39 is 0 Å². The van der Waals surface area contributed by atoms with Crippen LogP contribution in [0.3, 0.4) is 0 Å². The lowest BCUT2D eigenvalue weighted by atomic mass is 10.2. The Labute approximate surface area is 93.9 Å². The molecule has 0 saturated carbocycles. The first-order valence-corrected chi connectivity index (χ1v) is 5.18. The average Bonchev–Trinajstić information content (AvgIpc) is 2.78. The fraction of sp³-hybridized carbons (Fsp3) is 0.250. The van der Waals surface area contributed by atoms with E-state index >= 15 is 0 Å². The van der Waals surface area contributed by atoms with E-state index in [4.69, 9.17) is 0 Å². The summed E-state index contributed by atoms with van der Waals surface area (Å²) >= 11 is 0. The van der Waals surface area contributed by atoms with Crippen molar-refractivity contribution in [3.05, 3.63) is 42.0 Å². The van der Waals surface area contributed by atoms with Gasteiger partial charge in [-0.3, -0.25) is 4.79 Å². The highest BCUT2D eigenvalue weighted by atomic mass is 16.1. The normalized spacial score (nSPS) is 10.7. The first-order chi connectivity index (χ1) is 7.70. The van der Waals surface area contributed by atoms with Crippen molar-refractivity contribution in [3.63, 3.8) is 0 Å². The van der Waals surface area contributed by atoms with Crippen LogP contribution in [0.4, 0.5) is 0 Å². The van der Waals surface area contributed by atoms with E-state index in [9.17, 15) is 4.79 Å². The highest BCUT2D eigenvalue weighted by molar-refractivity contribution is 5.75. The third-order valence-electron chi connectivity index (χ3n) is 2.32. The lowest BCUT2D eigenvalue weighted by molar-refractivity contribution is 0.112. The van der Waals surface area contributed by atoms with Crippen molar-refractivity contribution in [3.8, 4) is 5.69 Å². The van der Waals surface area contributed by atoms with Gasteiger partial charge < -0.3 is 0 Å². The van der Waals surface area contributed by atoms with E-state index in [0.717, 1.165) is 17.8 Å². The maximum absolute atomic E-state index is 10.5. The van der Waals surface area contributed by atoms with Crippen LogP contribution in [0.15, 0.2) is 30.6 Å². The summed E-state index contributed by atoms with van der Waals surface area (Å²) in [6, 6.07) is 7.23. The van der Waals surface area contributed by atoms with Gasteiger partial charge in [0.1, 0.15) is 12.6 Å². The summed E-state index contributed by atoms with van der Waals surface area (Å²) in [4.78, 5) is 14.7. The molecule has 0 fully saturated rings. The number of hydrogen-bond donors (Lipinski definition) is 0. The maximum Gasteiger partial charge on any atom is 0.153 e. The van der Waals surface area contributed by atoms with Crippen LogP contribution in [0.2, 0.25) is 0 Å². The molecule has 0 unspecified atom stereocenters. The van der Waals surface area contributed by atoms with Crippen molar-refractivity contribution in [1.82, 2.24) is 14.8 Å². The molecule has 2 rings (SSSR count). The fourth-order valence-corrected chi connectivity index (χ4v) is 1.37. The molecule has 0 aliphatic rings. The number of nitrogens with zero attached hydrogens (tertiary/aromatic N) is 3. The van der Waals surface area contributed by atoms with E-state index in [1.807, 2.05) is 12.1 Å². The van der Waals surface area contributed by atoms with Crippen LogP contribution in [0.25, 0.3) is 5.69 Å². The van der Waals surface area contributed by atoms with E-state index in [0.29, 0.717) is 11.5 Å². The van der Waals surface area contributed by atoms with Crippen LogP contribution >= 0.6 is 0 Å². The van der Waals surface area contributed by atoms with Crippen molar-refractivity contribution in [1.29, 1.82) is 0 Å². The number of benzene rings is 1. The number of carbonyl (C=O) groups is 1. The highest BCUT2D eigenvalue weighted by Crippen LogP contribution is 2.11. The standard InChI is InChI=1S/C12H13N3O/c1-9(2)12-13-8-15(14-12)11-5-3-10(7-16)4-6-11/h3-9H,1-2H3. The average molecular weight is 215 g/mol. The SMILES string of the molecule is CC(C)c1ncn(-c2ccc(C=O)cc2)n1. The largest absolute Gasteiger partial charge is 0.298 e. The molecule has 1 heterocycles. The summed E-state index contributed by atoms with van der Waals surface area (Å²) in [5, 5.41) is 4.35. The Hall–Kier alpha value is -1.97. The zero-order chi connectivity index (χ0) is 11.5. The number of carbonyl (C=O) groups excluding carboxylic acids is 1. The Morgan fingerprint density at radius 1 is 1.25 bits per heavy atom. The lowest BCUT2D eigenvalue weighted by Crippen LogP contribution is -1.97. The second kappa shape index (κ2) is 4.26. The molecule has 16 heavy (non-hydrogen) atoms. The summed E-state index contributed by atoms with van der Waals surface area (Å²) in [7, 11) is 0. The molecule has 0 spiro atoms. The van der Waals surface area contributed by atoms with Gasteiger partial charge in [0, 0.05) is 11.5 Å². The number of aldehydes is 1. The van der Waals surface area contributed by atoms with Gasteiger partial charge in [-0.25, -0.2) is 9.67 Å². The predicted molar refractivity (Wildman–Crippen MR) is 60.8 cm³/mol. The molecule has 1 aromatic carbocycles. The Morgan fingerprint density at radius 2 is 1.94 bits per heavy atom.